The van der Waals surface area contributed by atoms with Crippen molar-refractivity contribution in [3.8, 4) is 0 Å². The molecule has 0 saturated carbocycles. The number of hydrogen-bond acceptors (Lipinski definition) is 3. The second kappa shape index (κ2) is 3.20. The van der Waals surface area contributed by atoms with E-state index in [9.17, 15) is 4.79 Å². The van der Waals surface area contributed by atoms with Crippen molar-refractivity contribution in [3.05, 3.63) is 18.2 Å². The number of rotatable bonds is 1. The maximum atomic E-state index is 11.4. The number of aryl methyl sites for hydroxylation is 1. The lowest BCUT2D eigenvalue weighted by Gasteiger charge is -2.22. The Morgan fingerprint density at radius 1 is 1.77 bits per heavy atom. The molecule has 1 atom stereocenters. The zero-order valence-corrected chi connectivity index (χ0v) is 7.56. The number of hydrogen-bond donors (Lipinski definition) is 0. The number of ether oxygens (including phenoxy) is 1. The van der Waals surface area contributed by atoms with E-state index in [1.54, 1.807) is 6.20 Å². The van der Waals surface area contributed by atoms with Crippen LogP contribution in [0.25, 0.3) is 0 Å². The Morgan fingerprint density at radius 2 is 2.62 bits per heavy atom. The van der Waals surface area contributed by atoms with Gasteiger partial charge in [0.15, 0.2) is 0 Å². The monoisotopic (exact) mass is 180 g/mol. The molecule has 0 radical (unpaired) electrons. The van der Waals surface area contributed by atoms with Gasteiger partial charge in [0.1, 0.15) is 11.9 Å². The summed E-state index contributed by atoms with van der Waals surface area (Å²) in [5, 5.41) is 0. The van der Waals surface area contributed by atoms with Crippen molar-refractivity contribution in [2.45, 2.75) is 25.3 Å². The molecule has 0 fully saturated rings. The minimum absolute atomic E-state index is 0.156. The second-order valence-electron chi connectivity index (χ2n) is 3.18. The lowest BCUT2D eigenvalue weighted by Crippen LogP contribution is -2.25. The van der Waals surface area contributed by atoms with Crippen LogP contribution in [0.4, 0.5) is 0 Å². The van der Waals surface area contributed by atoms with Crippen LogP contribution in [0.5, 0.6) is 0 Å². The third-order valence-electron chi connectivity index (χ3n) is 2.44. The van der Waals surface area contributed by atoms with Crippen molar-refractivity contribution in [3.63, 3.8) is 0 Å². The Bertz CT molecular complexity index is 319. The fourth-order valence-corrected chi connectivity index (χ4v) is 1.78. The summed E-state index contributed by atoms with van der Waals surface area (Å²) in [7, 11) is 1.42. The van der Waals surface area contributed by atoms with Crippen LogP contribution in [0.1, 0.15) is 24.7 Å². The molecule has 13 heavy (non-hydrogen) atoms. The van der Waals surface area contributed by atoms with Gasteiger partial charge in [-0.25, -0.2) is 9.78 Å². The van der Waals surface area contributed by atoms with Crippen LogP contribution in [0.15, 0.2) is 12.4 Å². The van der Waals surface area contributed by atoms with Gasteiger partial charge in [0.05, 0.1) is 7.11 Å². The molecule has 2 rings (SSSR count). The molecule has 0 saturated heterocycles. The predicted molar refractivity (Wildman–Crippen MR) is 46.2 cm³/mol. The zero-order valence-electron chi connectivity index (χ0n) is 7.56. The number of imidazole rings is 1. The maximum Gasteiger partial charge on any atom is 0.328 e. The Labute approximate surface area is 76.5 Å². The highest BCUT2D eigenvalue weighted by molar-refractivity contribution is 5.74. The summed E-state index contributed by atoms with van der Waals surface area (Å²) in [6.07, 6.45) is 6.40. The highest BCUT2D eigenvalue weighted by Gasteiger charge is 2.26. The minimum Gasteiger partial charge on any atom is -0.467 e. The van der Waals surface area contributed by atoms with Gasteiger partial charge in [-0.05, 0) is 12.8 Å². The van der Waals surface area contributed by atoms with Crippen molar-refractivity contribution in [1.29, 1.82) is 0 Å². The first kappa shape index (κ1) is 8.29. The van der Waals surface area contributed by atoms with E-state index in [1.807, 2.05) is 10.8 Å². The smallest absolute Gasteiger partial charge is 0.328 e. The molecular weight excluding hydrogens is 168 g/mol. The van der Waals surface area contributed by atoms with Gasteiger partial charge in [0.25, 0.3) is 0 Å². The average Bonchev–Trinajstić information content (AvgIpc) is 2.63. The van der Waals surface area contributed by atoms with Gasteiger partial charge in [-0.1, -0.05) is 0 Å². The summed E-state index contributed by atoms with van der Waals surface area (Å²) in [6, 6.07) is -0.156. The Hall–Kier alpha value is -1.32. The molecule has 0 bridgehead atoms. The molecule has 2 heterocycles. The van der Waals surface area contributed by atoms with E-state index in [0.717, 1.165) is 25.1 Å². The summed E-state index contributed by atoms with van der Waals surface area (Å²) in [6.45, 7) is 0. The molecule has 70 valence electrons. The predicted octanol–water partition coefficient (Wildman–Crippen LogP) is 0.933. The Kier molecular flexibility index (Phi) is 2.04. The van der Waals surface area contributed by atoms with Crippen molar-refractivity contribution < 1.29 is 9.53 Å². The molecule has 4 nitrogen and oxygen atoms in total. The lowest BCUT2D eigenvalue weighted by molar-refractivity contribution is -0.145. The van der Waals surface area contributed by atoms with Crippen molar-refractivity contribution in [2.24, 2.45) is 0 Å². The van der Waals surface area contributed by atoms with E-state index in [2.05, 4.69) is 4.98 Å². The van der Waals surface area contributed by atoms with Gasteiger partial charge < -0.3 is 9.30 Å². The first-order chi connectivity index (χ1) is 6.33. The van der Waals surface area contributed by atoms with E-state index in [-0.39, 0.29) is 12.0 Å². The molecule has 4 heteroatoms. The largest absolute Gasteiger partial charge is 0.467 e. The van der Waals surface area contributed by atoms with E-state index >= 15 is 0 Å². The summed E-state index contributed by atoms with van der Waals surface area (Å²) in [5.74, 6) is 0.820. The highest BCUT2D eigenvalue weighted by atomic mass is 16.5. The number of esters is 1. The number of fused-ring (bicyclic) bond motifs is 1. The quantitative estimate of drug-likeness (QED) is 0.604. The normalized spacial score (nSPS) is 20.8. The third-order valence-corrected chi connectivity index (χ3v) is 2.44. The van der Waals surface area contributed by atoms with Crippen LogP contribution in [-0.4, -0.2) is 22.6 Å². The van der Waals surface area contributed by atoms with Crippen LogP contribution in [0, 0.1) is 0 Å². The molecule has 0 aromatic carbocycles. The fraction of sp³-hybridized carbons (Fsp3) is 0.556. The van der Waals surface area contributed by atoms with E-state index < -0.39 is 0 Å². The first-order valence-corrected chi connectivity index (χ1v) is 4.42. The Morgan fingerprint density at radius 3 is 3.38 bits per heavy atom. The van der Waals surface area contributed by atoms with E-state index in [0.29, 0.717) is 0 Å². The van der Waals surface area contributed by atoms with Crippen molar-refractivity contribution in [2.75, 3.05) is 7.11 Å². The summed E-state index contributed by atoms with van der Waals surface area (Å²) in [5.41, 5.74) is 0. The molecule has 0 N–H and O–H groups in total. The van der Waals surface area contributed by atoms with Gasteiger partial charge in [-0.15, -0.1) is 0 Å². The summed E-state index contributed by atoms with van der Waals surface area (Å²) >= 11 is 0. The number of carbonyl (C=O) groups excluding carboxylic acids is 1. The Balaban J connectivity index is 2.30. The molecule has 0 aliphatic carbocycles. The van der Waals surface area contributed by atoms with Crippen LogP contribution >= 0.6 is 0 Å². The van der Waals surface area contributed by atoms with Crippen LogP contribution in [0.3, 0.4) is 0 Å². The number of nitrogens with zero attached hydrogens (tertiary/aromatic N) is 2. The molecule has 0 amide bonds. The summed E-state index contributed by atoms with van der Waals surface area (Å²) < 4.78 is 6.64. The molecule has 1 aromatic rings. The van der Waals surface area contributed by atoms with Crippen LogP contribution in [-0.2, 0) is 16.0 Å². The van der Waals surface area contributed by atoms with Gasteiger partial charge in [-0.2, -0.15) is 0 Å². The average molecular weight is 180 g/mol. The SMILES string of the molecule is COC(=O)[C@H]1CCCc2nccn21. The number of methoxy groups -OCH3 is 1. The maximum absolute atomic E-state index is 11.4. The van der Waals surface area contributed by atoms with Crippen LogP contribution in [0.2, 0.25) is 0 Å². The van der Waals surface area contributed by atoms with Crippen LogP contribution < -0.4 is 0 Å². The van der Waals surface area contributed by atoms with E-state index in [1.165, 1.54) is 7.11 Å². The molecule has 1 aromatic heterocycles. The van der Waals surface area contributed by atoms with Crippen molar-refractivity contribution >= 4 is 5.97 Å². The van der Waals surface area contributed by atoms with Gasteiger partial charge in [-0.3, -0.25) is 0 Å². The fourth-order valence-electron chi connectivity index (χ4n) is 1.78. The highest BCUT2D eigenvalue weighted by Crippen LogP contribution is 2.24. The molecule has 0 unspecified atom stereocenters. The van der Waals surface area contributed by atoms with Gasteiger partial charge in [0, 0.05) is 18.8 Å². The number of carbonyl (C=O) groups is 1. The standard InChI is InChI=1S/C9H12N2O2/c1-13-9(12)7-3-2-4-8-10-5-6-11(7)8/h5-7H,2-4H2,1H3/t7-/m1/s1. The summed E-state index contributed by atoms with van der Waals surface area (Å²) in [4.78, 5) is 15.5. The molecule has 0 spiro atoms. The zero-order chi connectivity index (χ0) is 9.26. The van der Waals surface area contributed by atoms with Gasteiger partial charge >= 0.3 is 5.97 Å². The van der Waals surface area contributed by atoms with E-state index in [4.69, 9.17) is 4.74 Å². The molecular formula is C9H12N2O2. The molecule has 1 aliphatic heterocycles. The lowest BCUT2D eigenvalue weighted by atomic mass is 10.1. The van der Waals surface area contributed by atoms with Gasteiger partial charge in [0.2, 0.25) is 0 Å². The topological polar surface area (TPSA) is 44.1 Å². The molecule has 1 aliphatic rings. The third kappa shape index (κ3) is 1.32. The minimum atomic E-state index is -0.168. The number of aromatic nitrogens is 2. The second-order valence-corrected chi connectivity index (χ2v) is 3.18. The first-order valence-electron chi connectivity index (χ1n) is 4.42. The van der Waals surface area contributed by atoms with Crippen molar-refractivity contribution in [1.82, 2.24) is 9.55 Å².